The Kier molecular flexibility index (Phi) is 5.80. The van der Waals surface area contributed by atoms with Crippen molar-refractivity contribution in [2.24, 2.45) is 0 Å². The molecule has 0 aromatic heterocycles. The van der Waals surface area contributed by atoms with Crippen LogP contribution in [0.2, 0.25) is 0 Å². The lowest BCUT2D eigenvalue weighted by atomic mass is 10.1. The lowest BCUT2D eigenvalue weighted by Gasteiger charge is -2.31. The first-order valence-electron chi connectivity index (χ1n) is 7.27. The molecule has 120 valence electrons. The molecule has 1 aromatic carbocycles. The maximum absolute atomic E-state index is 12.0. The minimum Gasteiger partial charge on any atom is -0.493 e. The molecule has 1 heterocycles. The van der Waals surface area contributed by atoms with E-state index in [4.69, 9.17) is 9.47 Å². The van der Waals surface area contributed by atoms with E-state index in [-0.39, 0.29) is 5.91 Å². The molecule has 1 amide bonds. The number of carbonyl (C=O) groups is 1. The summed E-state index contributed by atoms with van der Waals surface area (Å²) in [7, 11) is 5.25. The van der Waals surface area contributed by atoms with Gasteiger partial charge in [-0.15, -0.1) is 0 Å². The van der Waals surface area contributed by atoms with Gasteiger partial charge >= 0.3 is 0 Å². The zero-order chi connectivity index (χ0) is 15.9. The Balaban J connectivity index is 1.98. The van der Waals surface area contributed by atoms with Gasteiger partial charge in [-0.25, -0.2) is 5.01 Å². The second-order valence-corrected chi connectivity index (χ2v) is 5.18. The van der Waals surface area contributed by atoms with Crippen molar-refractivity contribution < 1.29 is 14.3 Å². The van der Waals surface area contributed by atoms with Gasteiger partial charge in [0.2, 0.25) is 0 Å². The van der Waals surface area contributed by atoms with Crippen molar-refractivity contribution >= 4 is 12.0 Å². The summed E-state index contributed by atoms with van der Waals surface area (Å²) >= 11 is 0. The van der Waals surface area contributed by atoms with Gasteiger partial charge in [0, 0.05) is 37.8 Å². The highest BCUT2D eigenvalue weighted by molar-refractivity contribution is 5.91. The van der Waals surface area contributed by atoms with Gasteiger partial charge in [-0.05, 0) is 19.2 Å². The Morgan fingerprint density at radius 1 is 1.18 bits per heavy atom. The standard InChI is InChI=1S/C16H23N3O3/c1-18-9-11-19(12-10-18)17-15(20)8-7-13-5-4-6-14(21-2)16(13)22-3/h4-8H,9-12H2,1-3H3,(H,17,20)/b8-7+. The van der Waals surface area contributed by atoms with Gasteiger partial charge in [-0.3, -0.25) is 10.2 Å². The van der Waals surface area contributed by atoms with E-state index in [0.29, 0.717) is 11.5 Å². The molecule has 0 saturated carbocycles. The first-order valence-corrected chi connectivity index (χ1v) is 7.27. The third-order valence-electron chi connectivity index (χ3n) is 3.62. The van der Waals surface area contributed by atoms with Crippen LogP contribution in [-0.4, -0.2) is 63.3 Å². The Bertz CT molecular complexity index is 537. The molecule has 0 aliphatic carbocycles. The van der Waals surface area contributed by atoms with E-state index in [0.717, 1.165) is 31.7 Å². The zero-order valence-corrected chi connectivity index (χ0v) is 13.3. The summed E-state index contributed by atoms with van der Waals surface area (Å²) in [4.78, 5) is 14.2. The summed E-state index contributed by atoms with van der Waals surface area (Å²) in [5.74, 6) is 1.12. The normalized spacial score (nSPS) is 16.7. The number of ether oxygens (including phenoxy) is 2. The molecule has 2 rings (SSSR count). The van der Waals surface area contributed by atoms with Crippen LogP contribution in [0.25, 0.3) is 6.08 Å². The molecule has 1 fully saturated rings. The van der Waals surface area contributed by atoms with Crippen LogP contribution < -0.4 is 14.9 Å². The molecule has 0 atom stereocenters. The quantitative estimate of drug-likeness (QED) is 0.823. The minimum absolute atomic E-state index is 0.144. The van der Waals surface area contributed by atoms with Crippen LogP contribution in [0.3, 0.4) is 0 Å². The van der Waals surface area contributed by atoms with Gasteiger partial charge < -0.3 is 14.4 Å². The summed E-state index contributed by atoms with van der Waals surface area (Å²) in [6.07, 6.45) is 3.24. The maximum atomic E-state index is 12.0. The molecule has 0 radical (unpaired) electrons. The number of nitrogens with zero attached hydrogens (tertiary/aromatic N) is 2. The molecule has 1 aliphatic heterocycles. The second-order valence-electron chi connectivity index (χ2n) is 5.18. The van der Waals surface area contributed by atoms with Gasteiger partial charge in [-0.1, -0.05) is 12.1 Å². The number of piperazine rings is 1. The molecule has 0 bridgehead atoms. The summed E-state index contributed by atoms with van der Waals surface area (Å²) < 4.78 is 10.6. The van der Waals surface area contributed by atoms with Gasteiger partial charge in [0.25, 0.3) is 5.91 Å². The lowest BCUT2D eigenvalue weighted by Crippen LogP contribution is -2.52. The SMILES string of the molecule is COc1cccc(/C=C/C(=O)NN2CCN(C)CC2)c1OC. The van der Waals surface area contributed by atoms with Gasteiger partial charge in [0.15, 0.2) is 11.5 Å². The van der Waals surface area contributed by atoms with Gasteiger partial charge in [0.1, 0.15) is 0 Å². The predicted octanol–water partition coefficient (Wildman–Crippen LogP) is 0.996. The highest BCUT2D eigenvalue weighted by Crippen LogP contribution is 2.31. The van der Waals surface area contributed by atoms with Crippen molar-refractivity contribution in [3.8, 4) is 11.5 Å². The van der Waals surface area contributed by atoms with E-state index in [1.54, 1.807) is 20.3 Å². The number of rotatable bonds is 5. The fourth-order valence-corrected chi connectivity index (χ4v) is 2.32. The van der Waals surface area contributed by atoms with Crippen molar-refractivity contribution in [1.82, 2.24) is 15.3 Å². The fraction of sp³-hybridized carbons (Fsp3) is 0.438. The molecule has 1 N–H and O–H groups in total. The van der Waals surface area contributed by atoms with Crippen molar-refractivity contribution in [2.75, 3.05) is 47.4 Å². The predicted molar refractivity (Wildman–Crippen MR) is 85.8 cm³/mol. The average Bonchev–Trinajstić information content (AvgIpc) is 2.54. The highest BCUT2D eigenvalue weighted by atomic mass is 16.5. The van der Waals surface area contributed by atoms with E-state index in [9.17, 15) is 4.79 Å². The molecule has 22 heavy (non-hydrogen) atoms. The molecular formula is C16H23N3O3. The maximum Gasteiger partial charge on any atom is 0.258 e. The lowest BCUT2D eigenvalue weighted by molar-refractivity contribution is -0.121. The molecule has 6 heteroatoms. The molecule has 6 nitrogen and oxygen atoms in total. The van der Waals surface area contributed by atoms with E-state index in [1.807, 2.05) is 23.2 Å². The largest absolute Gasteiger partial charge is 0.493 e. The van der Waals surface area contributed by atoms with Crippen LogP contribution in [0, 0.1) is 0 Å². The number of amides is 1. The Labute approximate surface area is 131 Å². The third-order valence-corrected chi connectivity index (χ3v) is 3.62. The van der Waals surface area contributed by atoms with Crippen LogP contribution in [0.1, 0.15) is 5.56 Å². The van der Waals surface area contributed by atoms with Crippen LogP contribution in [-0.2, 0) is 4.79 Å². The number of hydrogen-bond acceptors (Lipinski definition) is 5. The van der Waals surface area contributed by atoms with Crippen LogP contribution in [0.5, 0.6) is 11.5 Å². The first-order chi connectivity index (χ1) is 10.6. The number of benzene rings is 1. The number of hydrogen-bond donors (Lipinski definition) is 1. The summed E-state index contributed by atoms with van der Waals surface area (Å²) in [6.45, 7) is 3.57. The Morgan fingerprint density at radius 2 is 1.91 bits per heavy atom. The van der Waals surface area contributed by atoms with Crippen LogP contribution >= 0.6 is 0 Å². The second kappa shape index (κ2) is 7.82. The van der Waals surface area contributed by atoms with Crippen molar-refractivity contribution in [1.29, 1.82) is 0 Å². The van der Waals surface area contributed by atoms with E-state index < -0.39 is 0 Å². The molecule has 1 aliphatic rings. The molecule has 0 spiro atoms. The fourth-order valence-electron chi connectivity index (χ4n) is 2.32. The number of para-hydroxylation sites is 1. The topological polar surface area (TPSA) is 54.0 Å². The monoisotopic (exact) mass is 305 g/mol. The Morgan fingerprint density at radius 3 is 2.55 bits per heavy atom. The van der Waals surface area contributed by atoms with E-state index in [2.05, 4.69) is 17.4 Å². The molecule has 1 saturated heterocycles. The number of likely N-dealkylation sites (N-methyl/N-ethyl adjacent to an activating group) is 1. The van der Waals surface area contributed by atoms with Crippen LogP contribution in [0.4, 0.5) is 0 Å². The summed E-state index contributed by atoms with van der Waals surface area (Å²) in [5.41, 5.74) is 3.69. The van der Waals surface area contributed by atoms with Crippen molar-refractivity contribution in [2.45, 2.75) is 0 Å². The summed E-state index contributed by atoms with van der Waals surface area (Å²) in [5, 5.41) is 1.94. The third kappa shape index (κ3) is 4.22. The van der Waals surface area contributed by atoms with E-state index in [1.165, 1.54) is 6.08 Å². The highest BCUT2D eigenvalue weighted by Gasteiger charge is 2.14. The minimum atomic E-state index is -0.144. The average molecular weight is 305 g/mol. The van der Waals surface area contributed by atoms with E-state index >= 15 is 0 Å². The number of hydrazine groups is 1. The number of nitrogens with one attached hydrogen (secondary N) is 1. The van der Waals surface area contributed by atoms with Crippen molar-refractivity contribution in [3.63, 3.8) is 0 Å². The first kappa shape index (κ1) is 16.3. The molecule has 0 unspecified atom stereocenters. The number of methoxy groups -OCH3 is 2. The van der Waals surface area contributed by atoms with Gasteiger partial charge in [0.05, 0.1) is 14.2 Å². The molecular weight excluding hydrogens is 282 g/mol. The van der Waals surface area contributed by atoms with Crippen molar-refractivity contribution in [3.05, 3.63) is 29.8 Å². The Hall–Kier alpha value is -2.05. The van der Waals surface area contributed by atoms with Gasteiger partial charge in [-0.2, -0.15) is 0 Å². The summed E-state index contributed by atoms with van der Waals surface area (Å²) in [6, 6.07) is 5.56. The van der Waals surface area contributed by atoms with Crippen LogP contribution in [0.15, 0.2) is 24.3 Å². The zero-order valence-electron chi connectivity index (χ0n) is 13.3. The number of carbonyl (C=O) groups excluding carboxylic acids is 1. The smallest absolute Gasteiger partial charge is 0.258 e. The molecule has 1 aromatic rings.